The maximum absolute atomic E-state index is 14.3. The number of hydrazone groups is 1. The Morgan fingerprint density at radius 3 is 2.19 bits per heavy atom. The molecule has 0 radical (unpaired) electrons. The summed E-state index contributed by atoms with van der Waals surface area (Å²) in [6.07, 6.45) is 1.31. The van der Waals surface area contributed by atoms with Gasteiger partial charge in [-0.05, 0) is 36.8 Å². The van der Waals surface area contributed by atoms with Crippen molar-refractivity contribution in [1.29, 1.82) is 5.26 Å². The fourth-order valence-electron chi connectivity index (χ4n) is 3.56. The summed E-state index contributed by atoms with van der Waals surface area (Å²) >= 11 is 0. The first-order valence-electron chi connectivity index (χ1n) is 10.6. The molecule has 0 unspecified atom stereocenters. The number of ether oxygens (including phenoxy) is 2. The summed E-state index contributed by atoms with van der Waals surface area (Å²) in [4.78, 5) is 13.0. The van der Waals surface area contributed by atoms with Crippen LogP contribution in [0.5, 0.6) is 11.5 Å². The van der Waals surface area contributed by atoms with E-state index in [1.54, 1.807) is 42.5 Å². The lowest BCUT2D eigenvalue weighted by atomic mass is 10.1. The van der Waals surface area contributed by atoms with Crippen LogP contribution >= 0.6 is 0 Å². The molecule has 0 saturated carbocycles. The van der Waals surface area contributed by atoms with Crippen LogP contribution in [-0.4, -0.2) is 18.7 Å². The van der Waals surface area contributed by atoms with Crippen LogP contribution < -0.4 is 14.5 Å². The highest BCUT2D eigenvalue weighted by atomic mass is 19.2. The maximum atomic E-state index is 14.3. The highest BCUT2D eigenvalue weighted by Crippen LogP contribution is 2.37. The molecular formula is C26H16F5N3O3. The van der Waals surface area contributed by atoms with E-state index in [1.807, 2.05) is 6.07 Å². The predicted molar refractivity (Wildman–Crippen MR) is 123 cm³/mol. The first-order chi connectivity index (χ1) is 17.7. The normalized spacial score (nSPS) is 14.1. The number of carbonyl (C=O) groups excluding carboxylic acids is 1. The Balaban J connectivity index is 1.70. The van der Waals surface area contributed by atoms with E-state index in [-0.39, 0.29) is 28.7 Å². The van der Waals surface area contributed by atoms with E-state index in [0.717, 1.165) is 5.56 Å². The van der Waals surface area contributed by atoms with Crippen LogP contribution in [0.4, 0.5) is 27.6 Å². The summed E-state index contributed by atoms with van der Waals surface area (Å²) in [7, 11) is 1.40. The number of para-hydroxylation sites is 1. The minimum Gasteiger partial charge on any atom is -0.493 e. The number of methoxy groups -OCH3 is 1. The smallest absolute Gasteiger partial charge is 0.280 e. The minimum atomic E-state index is -2.35. The van der Waals surface area contributed by atoms with E-state index < -0.39 is 40.7 Å². The molecule has 0 N–H and O–H groups in total. The molecule has 1 aliphatic heterocycles. The minimum absolute atomic E-state index is 0.0326. The van der Waals surface area contributed by atoms with Gasteiger partial charge < -0.3 is 9.47 Å². The van der Waals surface area contributed by atoms with Gasteiger partial charge in [-0.3, -0.25) is 4.79 Å². The molecule has 0 spiro atoms. The lowest BCUT2D eigenvalue weighted by Crippen LogP contribution is -2.25. The molecule has 4 rings (SSSR count). The lowest BCUT2D eigenvalue weighted by molar-refractivity contribution is -0.114. The van der Waals surface area contributed by atoms with Crippen molar-refractivity contribution in [3.63, 3.8) is 0 Å². The molecule has 0 saturated heterocycles. The van der Waals surface area contributed by atoms with Gasteiger partial charge in [0.25, 0.3) is 5.91 Å². The first-order valence-corrected chi connectivity index (χ1v) is 10.6. The Morgan fingerprint density at radius 1 is 0.973 bits per heavy atom. The Kier molecular flexibility index (Phi) is 6.93. The second kappa shape index (κ2) is 10.1. The number of amides is 1. The maximum Gasteiger partial charge on any atom is 0.280 e. The molecule has 3 aromatic carbocycles. The summed E-state index contributed by atoms with van der Waals surface area (Å²) < 4.78 is 80.8. The molecule has 6 nitrogen and oxygen atoms in total. The molecule has 0 aromatic heterocycles. The summed E-state index contributed by atoms with van der Waals surface area (Å²) in [6, 6.07) is 13.4. The number of nitriles is 1. The summed E-state index contributed by atoms with van der Waals surface area (Å²) in [5, 5.41) is 12.8. The average Bonchev–Trinajstić information content (AvgIpc) is 3.18. The van der Waals surface area contributed by atoms with Gasteiger partial charge in [-0.15, -0.1) is 0 Å². The number of halogens is 5. The van der Waals surface area contributed by atoms with Gasteiger partial charge in [0.2, 0.25) is 5.82 Å². The summed E-state index contributed by atoms with van der Waals surface area (Å²) in [5.41, 5.74) is -0.151. The van der Waals surface area contributed by atoms with Crippen LogP contribution in [0.2, 0.25) is 0 Å². The zero-order valence-electron chi connectivity index (χ0n) is 19.3. The molecule has 0 fully saturated rings. The predicted octanol–water partition coefficient (Wildman–Crippen LogP) is 5.65. The van der Waals surface area contributed by atoms with Crippen LogP contribution in [0.3, 0.4) is 0 Å². The highest BCUT2D eigenvalue weighted by Gasteiger charge is 2.37. The summed E-state index contributed by atoms with van der Waals surface area (Å²) in [6.45, 7) is 1.41. The number of hydrogen-bond acceptors (Lipinski definition) is 5. The average molecular weight is 513 g/mol. The van der Waals surface area contributed by atoms with Crippen molar-refractivity contribution in [2.75, 3.05) is 12.1 Å². The van der Waals surface area contributed by atoms with Gasteiger partial charge >= 0.3 is 0 Å². The van der Waals surface area contributed by atoms with Crippen LogP contribution in [0.1, 0.15) is 23.6 Å². The van der Waals surface area contributed by atoms with Gasteiger partial charge in [0.05, 0.1) is 30.0 Å². The van der Waals surface area contributed by atoms with Crippen molar-refractivity contribution in [3.8, 4) is 17.6 Å². The van der Waals surface area contributed by atoms with Crippen molar-refractivity contribution in [2.45, 2.75) is 13.5 Å². The molecule has 1 aliphatic rings. The quantitative estimate of drug-likeness (QED) is 0.185. The Morgan fingerprint density at radius 2 is 1.59 bits per heavy atom. The van der Waals surface area contributed by atoms with Gasteiger partial charge in [-0.1, -0.05) is 24.3 Å². The largest absolute Gasteiger partial charge is 0.493 e. The molecule has 11 heteroatoms. The topological polar surface area (TPSA) is 74.9 Å². The van der Waals surface area contributed by atoms with Crippen LogP contribution in [-0.2, 0) is 11.4 Å². The van der Waals surface area contributed by atoms with Crippen molar-refractivity contribution in [3.05, 3.63) is 93.8 Å². The van der Waals surface area contributed by atoms with E-state index >= 15 is 0 Å². The van der Waals surface area contributed by atoms with E-state index in [1.165, 1.54) is 20.1 Å². The Bertz CT molecular complexity index is 1480. The fraction of sp³-hybridized carbons (Fsp3) is 0.115. The molecule has 37 heavy (non-hydrogen) atoms. The molecule has 0 atom stereocenters. The van der Waals surface area contributed by atoms with E-state index in [4.69, 9.17) is 14.7 Å². The monoisotopic (exact) mass is 513 g/mol. The van der Waals surface area contributed by atoms with Crippen molar-refractivity contribution in [1.82, 2.24) is 0 Å². The number of anilines is 1. The third-order valence-electron chi connectivity index (χ3n) is 5.46. The van der Waals surface area contributed by atoms with Gasteiger partial charge in [0.1, 0.15) is 12.3 Å². The number of nitrogens with zero attached hydrogens (tertiary/aromatic N) is 3. The Hall–Kier alpha value is -4.72. The van der Waals surface area contributed by atoms with E-state index in [9.17, 15) is 26.7 Å². The Labute approximate surface area is 207 Å². The van der Waals surface area contributed by atoms with Crippen LogP contribution in [0.15, 0.2) is 53.1 Å². The number of carbonyl (C=O) groups is 1. The van der Waals surface area contributed by atoms with Crippen LogP contribution in [0.25, 0.3) is 6.08 Å². The third-order valence-corrected chi connectivity index (χ3v) is 5.46. The first kappa shape index (κ1) is 25.4. The standard InChI is InChI=1S/C26H16F5N3O3/c1-13-17(26(35)34(33-13)24-22(30)20(28)19(27)21(29)23(24)31)10-16-4-3-5-18(36-2)25(16)37-12-15-8-6-14(11-32)7-9-15/h3-10H,12H2,1-2H3/b17-10-. The second-order valence-corrected chi connectivity index (χ2v) is 7.75. The van der Waals surface area contributed by atoms with Crippen molar-refractivity contribution < 1.29 is 36.2 Å². The SMILES string of the molecule is COc1cccc(/C=C2\C(=O)N(c3c(F)c(F)c(F)c(F)c3F)N=C2C)c1OCc1ccc(C#N)cc1. The van der Waals surface area contributed by atoms with Gasteiger partial charge in [0, 0.05) is 5.56 Å². The van der Waals surface area contributed by atoms with Gasteiger partial charge in [-0.25, -0.2) is 22.0 Å². The van der Waals surface area contributed by atoms with Crippen molar-refractivity contribution >= 4 is 23.4 Å². The molecule has 3 aromatic rings. The van der Waals surface area contributed by atoms with Crippen LogP contribution in [0, 0.1) is 40.4 Å². The lowest BCUT2D eigenvalue weighted by Gasteiger charge is -2.15. The van der Waals surface area contributed by atoms with Crippen molar-refractivity contribution in [2.24, 2.45) is 5.10 Å². The fourth-order valence-corrected chi connectivity index (χ4v) is 3.56. The van der Waals surface area contributed by atoms with E-state index in [0.29, 0.717) is 16.9 Å². The second-order valence-electron chi connectivity index (χ2n) is 7.75. The number of rotatable bonds is 6. The molecule has 1 heterocycles. The highest BCUT2D eigenvalue weighted by molar-refractivity contribution is 6.32. The number of hydrogen-bond donors (Lipinski definition) is 0. The zero-order chi connectivity index (χ0) is 26.9. The molecule has 0 aliphatic carbocycles. The zero-order valence-corrected chi connectivity index (χ0v) is 19.3. The number of benzene rings is 3. The molecule has 1 amide bonds. The molecule has 188 valence electrons. The van der Waals surface area contributed by atoms with E-state index in [2.05, 4.69) is 5.10 Å². The molecule has 0 bridgehead atoms. The molecular weight excluding hydrogens is 497 g/mol. The van der Waals surface area contributed by atoms with Gasteiger partial charge in [-0.2, -0.15) is 15.4 Å². The summed E-state index contributed by atoms with van der Waals surface area (Å²) in [5.74, 6) is -11.7. The van der Waals surface area contributed by atoms with Gasteiger partial charge in [0.15, 0.2) is 34.8 Å². The third kappa shape index (κ3) is 4.61.